The maximum absolute atomic E-state index is 12.2. The average molecular weight is 326 g/mol. The third-order valence-corrected chi connectivity index (χ3v) is 5.79. The molecule has 0 aliphatic carbocycles. The van der Waals surface area contributed by atoms with Gasteiger partial charge in [-0.2, -0.15) is 0 Å². The number of hydrogen-bond donors (Lipinski definition) is 0. The maximum Gasteiger partial charge on any atom is 0.274 e. The van der Waals surface area contributed by atoms with Crippen LogP contribution in [0.2, 0.25) is 0 Å². The molecule has 7 nitrogen and oxygen atoms in total. The summed E-state index contributed by atoms with van der Waals surface area (Å²) in [5.74, 6) is 0.799. The van der Waals surface area contributed by atoms with E-state index >= 15 is 0 Å². The lowest BCUT2D eigenvalue weighted by molar-refractivity contribution is 0.0766. The van der Waals surface area contributed by atoms with E-state index in [0.29, 0.717) is 31.0 Å². The number of hydrogen-bond acceptors (Lipinski definition) is 6. The lowest BCUT2D eigenvalue weighted by Gasteiger charge is -2.24. The van der Waals surface area contributed by atoms with Crippen molar-refractivity contribution < 1.29 is 13.2 Å². The molecule has 1 amide bonds. The van der Waals surface area contributed by atoms with Crippen molar-refractivity contribution in [2.75, 3.05) is 36.5 Å². The topological polar surface area (TPSA) is 83.5 Å². The molecule has 0 spiro atoms. The fourth-order valence-electron chi connectivity index (χ4n) is 2.57. The van der Waals surface area contributed by atoms with Gasteiger partial charge in [0.2, 0.25) is 0 Å². The Morgan fingerprint density at radius 2 is 1.95 bits per heavy atom. The Bertz CT molecular complexity index is 626. The van der Waals surface area contributed by atoms with Gasteiger partial charge in [0, 0.05) is 26.2 Å². The van der Waals surface area contributed by atoms with E-state index in [-0.39, 0.29) is 23.5 Å². The van der Waals surface area contributed by atoms with Gasteiger partial charge in [0.15, 0.2) is 21.3 Å². The zero-order chi connectivity index (χ0) is 16.3. The molecule has 8 heteroatoms. The Kier molecular flexibility index (Phi) is 5.00. The highest BCUT2D eigenvalue weighted by molar-refractivity contribution is 7.91. The van der Waals surface area contributed by atoms with Gasteiger partial charge in [0.05, 0.1) is 11.5 Å². The maximum atomic E-state index is 12.2. The SMILES string of the molecule is CCN(CC)C(=O)c1ccc(N(C)C2CCS(=O)(=O)C2)nn1. The molecule has 0 aromatic carbocycles. The summed E-state index contributed by atoms with van der Waals surface area (Å²) in [6.07, 6.45) is 0.598. The minimum atomic E-state index is -2.94. The molecule has 2 rings (SSSR count). The molecule has 0 bridgehead atoms. The number of rotatable bonds is 5. The molecular weight excluding hydrogens is 304 g/mol. The molecule has 0 saturated carbocycles. The van der Waals surface area contributed by atoms with Gasteiger partial charge in [-0.15, -0.1) is 10.2 Å². The summed E-state index contributed by atoms with van der Waals surface area (Å²) in [5, 5.41) is 8.07. The molecular formula is C14H22N4O3S. The van der Waals surface area contributed by atoms with Gasteiger partial charge < -0.3 is 9.80 Å². The minimum Gasteiger partial charge on any atom is -0.354 e. The molecule has 1 fully saturated rings. The van der Waals surface area contributed by atoms with Gasteiger partial charge in [0.1, 0.15) is 0 Å². The van der Waals surface area contributed by atoms with Crippen LogP contribution < -0.4 is 4.90 Å². The summed E-state index contributed by atoms with van der Waals surface area (Å²) in [5.41, 5.74) is 0.305. The zero-order valence-electron chi connectivity index (χ0n) is 13.2. The van der Waals surface area contributed by atoms with E-state index in [2.05, 4.69) is 10.2 Å². The lowest BCUT2D eigenvalue weighted by atomic mass is 10.2. The van der Waals surface area contributed by atoms with Crippen molar-refractivity contribution in [2.45, 2.75) is 26.3 Å². The molecule has 1 unspecified atom stereocenters. The number of nitrogens with zero attached hydrogens (tertiary/aromatic N) is 4. The van der Waals surface area contributed by atoms with E-state index in [1.165, 1.54) is 0 Å². The summed E-state index contributed by atoms with van der Waals surface area (Å²) in [6.45, 7) is 5.08. The Labute approximate surface area is 131 Å². The van der Waals surface area contributed by atoms with Crippen LogP contribution in [0.4, 0.5) is 5.82 Å². The summed E-state index contributed by atoms with van der Waals surface area (Å²) in [7, 11) is -1.13. The zero-order valence-corrected chi connectivity index (χ0v) is 14.0. The van der Waals surface area contributed by atoms with Gasteiger partial charge in [-0.05, 0) is 32.4 Å². The van der Waals surface area contributed by atoms with E-state index in [9.17, 15) is 13.2 Å². The highest BCUT2D eigenvalue weighted by Crippen LogP contribution is 2.21. The number of carbonyl (C=O) groups is 1. The molecule has 1 atom stereocenters. The molecule has 1 aliphatic rings. The van der Waals surface area contributed by atoms with Crippen LogP contribution in [-0.2, 0) is 9.84 Å². The van der Waals surface area contributed by atoms with Gasteiger partial charge in [-0.25, -0.2) is 8.42 Å². The van der Waals surface area contributed by atoms with Crippen LogP contribution in [0.3, 0.4) is 0 Å². The summed E-state index contributed by atoms with van der Waals surface area (Å²) in [4.78, 5) is 15.7. The van der Waals surface area contributed by atoms with Crippen LogP contribution in [0.25, 0.3) is 0 Å². The second kappa shape index (κ2) is 6.60. The van der Waals surface area contributed by atoms with E-state index in [1.807, 2.05) is 18.7 Å². The molecule has 122 valence electrons. The molecule has 1 aromatic heterocycles. The predicted octanol–water partition coefficient (Wildman–Crippen LogP) is 0.582. The van der Waals surface area contributed by atoms with Crippen molar-refractivity contribution in [1.82, 2.24) is 15.1 Å². The van der Waals surface area contributed by atoms with Gasteiger partial charge in [-0.1, -0.05) is 0 Å². The molecule has 0 radical (unpaired) electrons. The second-order valence-electron chi connectivity index (χ2n) is 5.42. The first kappa shape index (κ1) is 16.7. The molecule has 1 aromatic rings. The molecule has 1 saturated heterocycles. The van der Waals surface area contributed by atoms with Crippen LogP contribution in [0, 0.1) is 0 Å². The van der Waals surface area contributed by atoms with Crippen molar-refractivity contribution >= 4 is 21.6 Å². The number of aromatic nitrogens is 2. The van der Waals surface area contributed by atoms with E-state index in [1.54, 1.807) is 24.1 Å². The van der Waals surface area contributed by atoms with Crippen molar-refractivity contribution in [3.8, 4) is 0 Å². The quantitative estimate of drug-likeness (QED) is 0.787. The highest BCUT2D eigenvalue weighted by Gasteiger charge is 2.31. The average Bonchev–Trinajstić information content (AvgIpc) is 2.88. The first-order valence-electron chi connectivity index (χ1n) is 7.44. The van der Waals surface area contributed by atoms with Crippen LogP contribution in [0.15, 0.2) is 12.1 Å². The molecule has 22 heavy (non-hydrogen) atoms. The number of anilines is 1. The Morgan fingerprint density at radius 3 is 2.41 bits per heavy atom. The number of sulfone groups is 1. The normalized spacial score (nSPS) is 19.9. The van der Waals surface area contributed by atoms with E-state index in [4.69, 9.17) is 0 Å². The van der Waals surface area contributed by atoms with E-state index < -0.39 is 9.84 Å². The van der Waals surface area contributed by atoms with Crippen LogP contribution in [0.1, 0.15) is 30.8 Å². The fraction of sp³-hybridized carbons (Fsp3) is 0.643. The smallest absolute Gasteiger partial charge is 0.274 e. The largest absolute Gasteiger partial charge is 0.354 e. The molecule has 2 heterocycles. The predicted molar refractivity (Wildman–Crippen MR) is 84.7 cm³/mol. The molecule has 1 aliphatic heterocycles. The Morgan fingerprint density at radius 1 is 1.27 bits per heavy atom. The lowest BCUT2D eigenvalue weighted by Crippen LogP contribution is -2.34. The summed E-state index contributed by atoms with van der Waals surface area (Å²) >= 11 is 0. The Balaban J connectivity index is 2.10. The first-order valence-corrected chi connectivity index (χ1v) is 9.26. The van der Waals surface area contributed by atoms with Crippen molar-refractivity contribution in [1.29, 1.82) is 0 Å². The highest BCUT2D eigenvalue weighted by atomic mass is 32.2. The summed E-state index contributed by atoms with van der Waals surface area (Å²) in [6, 6.07) is 3.28. The van der Waals surface area contributed by atoms with Crippen LogP contribution in [0.5, 0.6) is 0 Å². The Hall–Kier alpha value is -1.70. The van der Waals surface area contributed by atoms with Crippen molar-refractivity contribution in [3.05, 3.63) is 17.8 Å². The van der Waals surface area contributed by atoms with Crippen LogP contribution in [-0.4, -0.2) is 67.1 Å². The third kappa shape index (κ3) is 3.55. The standard InChI is InChI=1S/C14H22N4O3S/c1-4-18(5-2)14(19)12-6-7-13(16-15-12)17(3)11-8-9-22(20,21)10-11/h6-7,11H,4-5,8-10H2,1-3H3. The first-order chi connectivity index (χ1) is 10.4. The summed E-state index contributed by atoms with van der Waals surface area (Å²) < 4.78 is 23.1. The minimum absolute atomic E-state index is 0.0800. The van der Waals surface area contributed by atoms with Gasteiger partial charge >= 0.3 is 0 Å². The van der Waals surface area contributed by atoms with Crippen molar-refractivity contribution in [2.24, 2.45) is 0 Å². The number of carbonyl (C=O) groups excluding carboxylic acids is 1. The number of amides is 1. The fourth-order valence-corrected chi connectivity index (χ4v) is 4.34. The monoisotopic (exact) mass is 326 g/mol. The van der Waals surface area contributed by atoms with Crippen LogP contribution >= 0.6 is 0 Å². The van der Waals surface area contributed by atoms with Crippen molar-refractivity contribution in [3.63, 3.8) is 0 Å². The van der Waals surface area contributed by atoms with Gasteiger partial charge in [0.25, 0.3) is 5.91 Å². The third-order valence-electron chi connectivity index (χ3n) is 4.04. The van der Waals surface area contributed by atoms with E-state index in [0.717, 1.165) is 0 Å². The second-order valence-corrected chi connectivity index (χ2v) is 7.65. The molecule has 0 N–H and O–H groups in total. The van der Waals surface area contributed by atoms with Gasteiger partial charge in [-0.3, -0.25) is 4.79 Å².